The number of rotatable bonds is 5. The van der Waals surface area contributed by atoms with Crippen molar-refractivity contribution >= 4 is 0 Å². The second-order valence-electron chi connectivity index (χ2n) is 4.80. The van der Waals surface area contributed by atoms with Gasteiger partial charge in [0.05, 0.1) is 0 Å². The van der Waals surface area contributed by atoms with E-state index in [0.29, 0.717) is 0 Å². The van der Waals surface area contributed by atoms with Crippen LogP contribution in [0.3, 0.4) is 0 Å². The van der Waals surface area contributed by atoms with E-state index in [-0.39, 0.29) is 0 Å². The van der Waals surface area contributed by atoms with Gasteiger partial charge in [-0.1, -0.05) is 60.7 Å². The topological polar surface area (TPSA) is 40.5 Å². The van der Waals surface area contributed by atoms with Crippen LogP contribution >= 0.6 is 0 Å². The fourth-order valence-corrected chi connectivity index (χ4v) is 2.06. The number of hydrogen-bond donors (Lipinski definition) is 2. The molecule has 2 N–H and O–H groups in total. The molecule has 2 nitrogen and oxygen atoms in total. The molecule has 2 heteroatoms. The van der Waals surface area contributed by atoms with Crippen LogP contribution in [0.1, 0.15) is 25.0 Å². The molecule has 94 valence electrons. The quantitative estimate of drug-likeness (QED) is 0.849. The van der Waals surface area contributed by atoms with Crippen LogP contribution in [-0.2, 0) is 11.2 Å². The van der Waals surface area contributed by atoms with Crippen LogP contribution in [0.25, 0.3) is 0 Å². The smallest absolute Gasteiger partial charge is 0.212 e. The molecule has 0 radical (unpaired) electrons. The van der Waals surface area contributed by atoms with Gasteiger partial charge in [-0.05, 0) is 25.0 Å². The predicted molar refractivity (Wildman–Crippen MR) is 72.0 cm³/mol. The molecule has 0 saturated carbocycles. The molecule has 2 aromatic rings. The molecule has 0 aliphatic heterocycles. The monoisotopic (exact) mass is 244 g/mol. The number of aliphatic hydroxyl groups is 2. The fraction of sp³-hybridized carbons (Fsp3) is 0.250. The molecule has 2 aromatic carbocycles. The fourth-order valence-electron chi connectivity index (χ4n) is 2.06. The van der Waals surface area contributed by atoms with E-state index in [0.717, 1.165) is 11.1 Å². The van der Waals surface area contributed by atoms with Crippen LogP contribution in [0.15, 0.2) is 60.7 Å². The van der Waals surface area contributed by atoms with Crippen molar-refractivity contribution < 1.29 is 10.2 Å². The normalized spacial score (nSPS) is 19.2. The zero-order chi connectivity index (χ0) is 14.6. The summed E-state index contributed by atoms with van der Waals surface area (Å²) >= 11 is 0. The molecule has 0 aliphatic rings. The summed E-state index contributed by atoms with van der Waals surface area (Å²) < 4.78 is 15.1. The summed E-state index contributed by atoms with van der Waals surface area (Å²) in [6.07, 6.45) is 0. The summed E-state index contributed by atoms with van der Waals surface area (Å²) in [6.45, 7) is 3.52. The number of hydrogen-bond acceptors (Lipinski definition) is 2. The second kappa shape index (κ2) is 4.56. The van der Waals surface area contributed by atoms with Gasteiger partial charge >= 0.3 is 0 Å². The molecule has 2 rings (SSSR count). The van der Waals surface area contributed by atoms with Crippen LogP contribution in [0.2, 0.25) is 0 Å². The summed E-state index contributed by atoms with van der Waals surface area (Å²) in [6, 6.07) is 18.8. The molecule has 0 amide bonds. The Hall–Kier alpha value is -1.64. The van der Waals surface area contributed by atoms with Crippen molar-refractivity contribution in [3.05, 3.63) is 71.8 Å². The Morgan fingerprint density at radius 2 is 1.06 bits per heavy atom. The third-order valence-corrected chi connectivity index (χ3v) is 3.56. The SMILES string of the molecule is [2H]O[C@](C)(c1ccccc1)[C@](C)(O[2H])c1ccccc1. The van der Waals surface area contributed by atoms with Crippen molar-refractivity contribution in [2.75, 3.05) is 0 Å². The van der Waals surface area contributed by atoms with Crippen LogP contribution in [0.4, 0.5) is 0 Å². The minimum Gasteiger partial charge on any atom is -0.382 e. The molecule has 0 aromatic heterocycles. The molecule has 2 atom stereocenters. The zero-order valence-corrected chi connectivity index (χ0v) is 10.6. The van der Waals surface area contributed by atoms with Crippen LogP contribution < -0.4 is 0 Å². The first kappa shape index (κ1) is 10.3. The number of benzene rings is 2. The first-order valence-corrected chi connectivity index (χ1v) is 5.98. The Kier molecular flexibility index (Phi) is 2.61. The van der Waals surface area contributed by atoms with Crippen molar-refractivity contribution in [2.24, 2.45) is 0 Å². The maximum absolute atomic E-state index is 7.54. The average Bonchev–Trinajstić information content (AvgIpc) is 2.54. The Morgan fingerprint density at radius 1 is 0.722 bits per heavy atom. The lowest BCUT2D eigenvalue weighted by molar-refractivity contribution is -0.143. The highest BCUT2D eigenvalue weighted by Crippen LogP contribution is 2.39. The summed E-state index contributed by atoms with van der Waals surface area (Å²) in [5.41, 5.74) is -0.628. The molecule has 0 aliphatic carbocycles. The van der Waals surface area contributed by atoms with Crippen molar-refractivity contribution in [2.45, 2.75) is 25.0 Å². The van der Waals surface area contributed by atoms with E-state index in [9.17, 15) is 0 Å². The first-order chi connectivity index (χ1) is 9.58. The van der Waals surface area contributed by atoms with Gasteiger partial charge in [0.2, 0.25) is 2.86 Å². The second-order valence-corrected chi connectivity index (χ2v) is 4.80. The van der Waals surface area contributed by atoms with Crippen LogP contribution in [0.5, 0.6) is 0 Å². The van der Waals surface area contributed by atoms with E-state index >= 15 is 0 Å². The van der Waals surface area contributed by atoms with Gasteiger partial charge in [0.15, 0.2) is 0 Å². The molecule has 0 saturated heterocycles. The molecule has 0 bridgehead atoms. The summed E-state index contributed by atoms with van der Waals surface area (Å²) in [5, 5.41) is 10.1. The zero-order valence-electron chi connectivity index (χ0n) is 12.6. The Bertz CT molecular complexity index is 495. The third kappa shape index (κ3) is 2.05. The lowest BCUT2D eigenvalue weighted by Gasteiger charge is -2.39. The van der Waals surface area contributed by atoms with Crippen LogP contribution in [0, 0.1) is 0 Å². The highest BCUT2D eigenvalue weighted by Gasteiger charge is 2.44. The van der Waals surface area contributed by atoms with Crippen molar-refractivity contribution in [1.29, 1.82) is 2.86 Å². The van der Waals surface area contributed by atoms with E-state index in [4.69, 9.17) is 13.1 Å². The van der Waals surface area contributed by atoms with Gasteiger partial charge in [0.1, 0.15) is 11.2 Å². The Morgan fingerprint density at radius 3 is 1.33 bits per heavy atom. The van der Waals surface area contributed by atoms with Crippen LogP contribution in [-0.4, -0.2) is 13.1 Å². The van der Waals surface area contributed by atoms with E-state index in [1.54, 1.807) is 13.8 Å². The largest absolute Gasteiger partial charge is 0.382 e. The molecule has 0 fully saturated rings. The van der Waals surface area contributed by atoms with Gasteiger partial charge in [-0.25, -0.2) is 0 Å². The maximum atomic E-state index is 7.54. The van der Waals surface area contributed by atoms with Gasteiger partial charge in [0.25, 0.3) is 0 Å². The van der Waals surface area contributed by atoms with Gasteiger partial charge in [0, 0.05) is 0 Å². The average molecular weight is 244 g/mol. The molecule has 18 heavy (non-hydrogen) atoms. The minimum atomic E-state index is -1.10. The summed E-state index contributed by atoms with van der Waals surface area (Å²) in [4.78, 5) is 0. The highest BCUT2D eigenvalue weighted by molar-refractivity contribution is 5.32. The lowest BCUT2D eigenvalue weighted by Crippen LogP contribution is -2.45. The summed E-state index contributed by atoms with van der Waals surface area (Å²) in [7, 11) is 0. The predicted octanol–water partition coefficient (Wildman–Crippen LogP) is 2.80. The lowest BCUT2D eigenvalue weighted by atomic mass is 9.76. The van der Waals surface area contributed by atoms with Crippen molar-refractivity contribution in [3.63, 3.8) is 0 Å². The van der Waals surface area contributed by atoms with E-state index in [2.05, 4.69) is 0 Å². The van der Waals surface area contributed by atoms with E-state index < -0.39 is 11.2 Å². The van der Waals surface area contributed by atoms with Crippen molar-refractivity contribution in [1.82, 2.24) is 0 Å². The van der Waals surface area contributed by atoms with Gasteiger partial charge in [-0.15, -0.1) is 0 Å². The van der Waals surface area contributed by atoms with Gasteiger partial charge in [-0.2, -0.15) is 0 Å². The van der Waals surface area contributed by atoms with Gasteiger partial charge < -0.3 is 10.2 Å². The molecular weight excluding hydrogens is 224 g/mol. The molecular formula is C16H18O2. The minimum absolute atomic E-state index is 0.786. The molecule has 0 spiro atoms. The van der Waals surface area contributed by atoms with Gasteiger partial charge in [-0.3, -0.25) is 0 Å². The van der Waals surface area contributed by atoms with E-state index in [1.165, 1.54) is 0 Å². The molecule has 0 unspecified atom stereocenters. The standard InChI is InChI=1S/C16H18O2/c1-15(17,13-9-5-3-6-10-13)16(2,18)14-11-7-4-8-12-14/h3-12,17-18H,1-2H3/t15-,16-/m1/s1/i17D,18D. The maximum Gasteiger partial charge on any atom is 0.212 e. The first-order valence-electron chi connectivity index (χ1n) is 6.80. The highest BCUT2D eigenvalue weighted by atomic mass is 16.4. The van der Waals surface area contributed by atoms with Crippen molar-refractivity contribution in [3.8, 4) is 0 Å². The summed E-state index contributed by atoms with van der Waals surface area (Å²) in [5.74, 6) is 0. The Balaban J connectivity index is 2.58. The Labute approximate surface area is 111 Å². The van der Waals surface area contributed by atoms with E-state index in [1.807, 2.05) is 60.7 Å². The molecule has 0 heterocycles. The third-order valence-electron chi connectivity index (χ3n) is 3.56.